The van der Waals surface area contributed by atoms with Gasteiger partial charge in [-0.1, -0.05) is 13.8 Å². The van der Waals surface area contributed by atoms with Crippen molar-refractivity contribution in [3.63, 3.8) is 0 Å². The van der Waals surface area contributed by atoms with E-state index in [0.717, 1.165) is 23.3 Å². The van der Waals surface area contributed by atoms with Crippen LogP contribution < -0.4 is 5.73 Å². The number of ether oxygens (including phenoxy) is 1. The molecule has 0 radical (unpaired) electrons. The highest BCUT2D eigenvalue weighted by Crippen LogP contribution is 2.28. The minimum atomic E-state index is -0.191. The van der Waals surface area contributed by atoms with Crippen LogP contribution in [0.15, 0.2) is 10.7 Å². The van der Waals surface area contributed by atoms with Gasteiger partial charge in [-0.05, 0) is 35.9 Å². The second-order valence-electron chi connectivity index (χ2n) is 5.37. The molecule has 0 aliphatic carbocycles. The lowest BCUT2D eigenvalue weighted by molar-refractivity contribution is 0.0411. The number of nitrogens with two attached hydrogens (primary N) is 1. The van der Waals surface area contributed by atoms with Gasteiger partial charge in [-0.15, -0.1) is 0 Å². The molecule has 0 saturated heterocycles. The maximum atomic E-state index is 6.37. The van der Waals surface area contributed by atoms with Crippen molar-refractivity contribution in [2.75, 3.05) is 27.7 Å². The van der Waals surface area contributed by atoms with Crippen LogP contribution in [0.25, 0.3) is 0 Å². The van der Waals surface area contributed by atoms with Crippen molar-refractivity contribution in [2.45, 2.75) is 32.5 Å². The minimum absolute atomic E-state index is 0.0221. The van der Waals surface area contributed by atoms with Crippen molar-refractivity contribution < 1.29 is 4.74 Å². The van der Waals surface area contributed by atoms with Crippen LogP contribution in [0.3, 0.4) is 0 Å². The Hall–Kier alpha value is -0.430. The minimum Gasteiger partial charge on any atom is -0.379 e. The van der Waals surface area contributed by atoms with E-state index in [1.165, 1.54) is 0 Å². The molecule has 5 nitrogen and oxygen atoms in total. The van der Waals surface area contributed by atoms with Gasteiger partial charge in [0, 0.05) is 13.7 Å². The summed E-state index contributed by atoms with van der Waals surface area (Å²) < 4.78 is 8.44. The van der Waals surface area contributed by atoms with Gasteiger partial charge in [0.15, 0.2) is 0 Å². The first-order chi connectivity index (χ1) is 8.88. The first kappa shape index (κ1) is 16.6. The lowest BCUT2D eigenvalue weighted by Gasteiger charge is -2.27. The third kappa shape index (κ3) is 4.27. The smallest absolute Gasteiger partial charge is 0.0802 e. The maximum absolute atomic E-state index is 6.37. The first-order valence-electron chi connectivity index (χ1n) is 6.52. The topological polar surface area (TPSA) is 56.3 Å². The lowest BCUT2D eigenvalue weighted by Crippen LogP contribution is -2.35. The second-order valence-corrected chi connectivity index (χ2v) is 6.23. The highest BCUT2D eigenvalue weighted by molar-refractivity contribution is 9.10. The Morgan fingerprint density at radius 3 is 2.58 bits per heavy atom. The molecule has 6 heteroatoms. The summed E-state index contributed by atoms with van der Waals surface area (Å²) in [6.07, 6.45) is 1.78. The van der Waals surface area contributed by atoms with Crippen LogP contribution in [-0.4, -0.2) is 48.5 Å². The van der Waals surface area contributed by atoms with E-state index in [1.54, 1.807) is 13.3 Å². The van der Waals surface area contributed by atoms with E-state index in [0.29, 0.717) is 5.92 Å². The summed E-state index contributed by atoms with van der Waals surface area (Å²) in [4.78, 5) is 2.13. The Labute approximate surface area is 124 Å². The molecule has 0 aliphatic heterocycles. The van der Waals surface area contributed by atoms with E-state index in [-0.39, 0.29) is 12.1 Å². The van der Waals surface area contributed by atoms with Crippen molar-refractivity contribution >= 4 is 15.9 Å². The number of methoxy groups -OCH3 is 1. The monoisotopic (exact) mass is 332 g/mol. The van der Waals surface area contributed by atoms with E-state index < -0.39 is 0 Å². The molecular formula is C13H25BrN4O. The SMILES string of the molecule is COC(C(C)C)C(N)c1c(Br)cnn1CCN(C)C. The number of halogens is 1. The van der Waals surface area contributed by atoms with Gasteiger partial charge in [0.25, 0.3) is 0 Å². The predicted octanol–water partition coefficient (Wildman–Crippen LogP) is 1.88. The number of likely N-dealkylation sites (N-methyl/N-ethyl adjacent to an activating group) is 1. The van der Waals surface area contributed by atoms with Crippen molar-refractivity contribution in [1.82, 2.24) is 14.7 Å². The average molecular weight is 333 g/mol. The van der Waals surface area contributed by atoms with E-state index in [4.69, 9.17) is 10.5 Å². The molecule has 0 aliphatic rings. The molecule has 2 unspecified atom stereocenters. The summed E-state index contributed by atoms with van der Waals surface area (Å²) in [5.74, 6) is 0.351. The molecule has 110 valence electrons. The molecule has 2 atom stereocenters. The van der Waals surface area contributed by atoms with Crippen LogP contribution in [-0.2, 0) is 11.3 Å². The summed E-state index contributed by atoms with van der Waals surface area (Å²) in [5.41, 5.74) is 7.38. The zero-order chi connectivity index (χ0) is 14.6. The summed E-state index contributed by atoms with van der Waals surface area (Å²) in [5, 5.41) is 4.39. The molecule has 1 heterocycles. The van der Waals surface area contributed by atoms with E-state index in [2.05, 4.69) is 39.8 Å². The summed E-state index contributed by atoms with van der Waals surface area (Å²) >= 11 is 3.54. The molecule has 0 bridgehead atoms. The molecule has 0 aromatic carbocycles. The van der Waals surface area contributed by atoms with Crippen molar-refractivity contribution in [2.24, 2.45) is 11.7 Å². The quantitative estimate of drug-likeness (QED) is 0.828. The van der Waals surface area contributed by atoms with E-state index >= 15 is 0 Å². The zero-order valence-corrected chi connectivity index (χ0v) is 14.0. The Bertz CT molecular complexity index is 392. The molecule has 0 fully saturated rings. The van der Waals surface area contributed by atoms with Crippen LogP contribution in [0, 0.1) is 5.92 Å². The molecule has 0 saturated carbocycles. The molecule has 1 aromatic rings. The first-order valence-corrected chi connectivity index (χ1v) is 7.32. The Morgan fingerprint density at radius 1 is 1.47 bits per heavy atom. The van der Waals surface area contributed by atoms with E-state index in [1.807, 2.05) is 18.8 Å². The molecular weight excluding hydrogens is 308 g/mol. The number of nitrogens with zero attached hydrogens (tertiary/aromatic N) is 3. The van der Waals surface area contributed by atoms with Crippen molar-refractivity contribution in [1.29, 1.82) is 0 Å². The van der Waals surface area contributed by atoms with Crippen LogP contribution in [0.5, 0.6) is 0 Å². The molecule has 19 heavy (non-hydrogen) atoms. The van der Waals surface area contributed by atoms with Crippen LogP contribution in [0.2, 0.25) is 0 Å². The largest absolute Gasteiger partial charge is 0.379 e. The van der Waals surface area contributed by atoms with Gasteiger partial charge in [-0.25, -0.2) is 0 Å². The predicted molar refractivity (Wildman–Crippen MR) is 81.0 cm³/mol. The fourth-order valence-corrected chi connectivity index (χ4v) is 2.73. The van der Waals surface area contributed by atoms with Gasteiger partial charge in [0.05, 0.1) is 35.1 Å². The van der Waals surface area contributed by atoms with Gasteiger partial charge in [-0.2, -0.15) is 5.10 Å². The molecule has 2 N–H and O–H groups in total. The number of rotatable bonds is 7. The molecule has 1 aromatic heterocycles. The van der Waals surface area contributed by atoms with Crippen molar-refractivity contribution in [3.05, 3.63) is 16.4 Å². The average Bonchev–Trinajstić information content (AvgIpc) is 2.68. The van der Waals surface area contributed by atoms with Gasteiger partial charge in [0.1, 0.15) is 0 Å². The van der Waals surface area contributed by atoms with Gasteiger partial charge < -0.3 is 15.4 Å². The summed E-state index contributed by atoms with van der Waals surface area (Å²) in [7, 11) is 5.80. The number of aromatic nitrogens is 2. The third-order valence-electron chi connectivity index (χ3n) is 3.19. The maximum Gasteiger partial charge on any atom is 0.0802 e. The summed E-state index contributed by atoms with van der Waals surface area (Å²) in [6, 6.07) is -0.191. The van der Waals surface area contributed by atoms with Crippen molar-refractivity contribution in [3.8, 4) is 0 Å². The Balaban J connectivity index is 2.94. The highest BCUT2D eigenvalue weighted by atomic mass is 79.9. The van der Waals surface area contributed by atoms with E-state index in [9.17, 15) is 0 Å². The van der Waals surface area contributed by atoms with Gasteiger partial charge in [-0.3, -0.25) is 4.68 Å². The van der Waals surface area contributed by atoms with Gasteiger partial charge >= 0.3 is 0 Å². The second kappa shape index (κ2) is 7.38. The normalized spacial score (nSPS) is 15.2. The molecule has 0 amide bonds. The van der Waals surface area contributed by atoms with Crippen LogP contribution >= 0.6 is 15.9 Å². The fraction of sp³-hybridized carbons (Fsp3) is 0.769. The standard InChI is InChI=1S/C13H25BrN4O/c1-9(2)13(19-5)11(15)12-10(14)8-16-18(12)7-6-17(3)4/h8-9,11,13H,6-7,15H2,1-5H3. The molecule has 0 spiro atoms. The third-order valence-corrected chi connectivity index (χ3v) is 3.80. The molecule has 1 rings (SSSR count). The van der Waals surface area contributed by atoms with Gasteiger partial charge in [0.2, 0.25) is 0 Å². The highest BCUT2D eigenvalue weighted by Gasteiger charge is 2.27. The Morgan fingerprint density at radius 2 is 2.11 bits per heavy atom. The zero-order valence-electron chi connectivity index (χ0n) is 12.4. The summed E-state index contributed by atoms with van der Waals surface area (Å²) in [6.45, 7) is 5.97. The fourth-order valence-electron chi connectivity index (χ4n) is 2.17. The number of hydrogen-bond acceptors (Lipinski definition) is 4. The van der Waals surface area contributed by atoms with Crippen LogP contribution in [0.4, 0.5) is 0 Å². The Kier molecular flexibility index (Phi) is 6.46. The number of hydrogen-bond donors (Lipinski definition) is 1. The van der Waals surface area contributed by atoms with Crippen LogP contribution in [0.1, 0.15) is 25.6 Å². The lowest BCUT2D eigenvalue weighted by atomic mass is 9.97.